The zero-order chi connectivity index (χ0) is 18.9. The zero-order valence-electron chi connectivity index (χ0n) is 15.0. The maximum Gasteiger partial charge on any atom is 0.267 e. The fourth-order valence-electron chi connectivity index (χ4n) is 2.23. The largest absolute Gasteiger partial charge is 0.495 e. The van der Waals surface area contributed by atoms with E-state index >= 15 is 0 Å². The van der Waals surface area contributed by atoms with Crippen molar-refractivity contribution in [3.63, 3.8) is 0 Å². The van der Waals surface area contributed by atoms with E-state index < -0.39 is 5.91 Å². The molecular formula is C20H21N3O3. The maximum absolute atomic E-state index is 12.4. The average molecular weight is 351 g/mol. The topological polar surface area (TPSA) is 83.4 Å². The number of anilines is 2. The van der Waals surface area contributed by atoms with Gasteiger partial charge in [-0.25, -0.2) is 0 Å². The van der Waals surface area contributed by atoms with Gasteiger partial charge in [-0.1, -0.05) is 6.07 Å². The van der Waals surface area contributed by atoms with Crippen LogP contribution in [-0.4, -0.2) is 19.6 Å². The summed E-state index contributed by atoms with van der Waals surface area (Å²) in [6.45, 7) is 4.41. The van der Waals surface area contributed by atoms with E-state index in [1.54, 1.807) is 24.3 Å². The quantitative estimate of drug-likeness (QED) is 0.584. The van der Waals surface area contributed by atoms with Gasteiger partial charge in [0.1, 0.15) is 23.1 Å². The summed E-state index contributed by atoms with van der Waals surface area (Å²) >= 11 is 0. The van der Waals surface area contributed by atoms with Gasteiger partial charge in [0.05, 0.1) is 19.4 Å². The van der Waals surface area contributed by atoms with Crippen LogP contribution in [0.25, 0.3) is 0 Å². The molecular weight excluding hydrogens is 330 g/mol. The van der Waals surface area contributed by atoms with E-state index in [0.29, 0.717) is 18.0 Å². The summed E-state index contributed by atoms with van der Waals surface area (Å²) in [5.74, 6) is 0.766. The van der Waals surface area contributed by atoms with E-state index in [2.05, 4.69) is 10.6 Å². The van der Waals surface area contributed by atoms with E-state index in [9.17, 15) is 10.1 Å². The van der Waals surface area contributed by atoms with Gasteiger partial charge in [0.25, 0.3) is 5.91 Å². The minimum Gasteiger partial charge on any atom is -0.495 e. The smallest absolute Gasteiger partial charge is 0.267 e. The number of nitrogens with zero attached hydrogens (tertiary/aromatic N) is 1. The highest BCUT2D eigenvalue weighted by molar-refractivity contribution is 6.07. The molecule has 134 valence electrons. The molecule has 6 nitrogen and oxygen atoms in total. The van der Waals surface area contributed by atoms with Gasteiger partial charge in [-0.3, -0.25) is 4.79 Å². The number of benzene rings is 2. The summed E-state index contributed by atoms with van der Waals surface area (Å²) in [4.78, 5) is 12.4. The summed E-state index contributed by atoms with van der Waals surface area (Å²) in [6.07, 6.45) is 1.37. The Labute approximate surface area is 153 Å². The fraction of sp³-hybridized carbons (Fsp3) is 0.200. The van der Waals surface area contributed by atoms with Crippen LogP contribution in [0.4, 0.5) is 11.4 Å². The normalized spacial score (nSPS) is 10.6. The van der Waals surface area contributed by atoms with Crippen LogP contribution < -0.4 is 20.1 Å². The minimum atomic E-state index is -0.519. The van der Waals surface area contributed by atoms with Crippen molar-refractivity contribution in [2.24, 2.45) is 0 Å². The van der Waals surface area contributed by atoms with Crippen LogP contribution in [0.15, 0.2) is 54.2 Å². The Bertz CT molecular complexity index is 836. The summed E-state index contributed by atoms with van der Waals surface area (Å²) in [6, 6.07) is 14.5. The molecule has 6 heteroatoms. The molecule has 2 aromatic carbocycles. The minimum absolute atomic E-state index is 0.0533. The molecule has 1 amide bonds. The number of aryl methyl sites for hydroxylation is 1. The highest BCUT2D eigenvalue weighted by Crippen LogP contribution is 2.25. The number of nitriles is 1. The standard InChI is InChI=1S/C20H21N3O3/c1-4-26-17-8-6-16(7-9-17)22-13-15(12-21)20(24)23-18-11-14(2)5-10-19(18)25-3/h5-11,13,22H,4H2,1-3H3,(H,23,24)/b15-13-. The van der Waals surface area contributed by atoms with Crippen LogP contribution in [0.5, 0.6) is 11.5 Å². The molecule has 0 aliphatic rings. The SMILES string of the molecule is CCOc1ccc(N/C=C(/C#N)C(=O)Nc2cc(C)ccc2OC)cc1. The average Bonchev–Trinajstić information content (AvgIpc) is 2.64. The number of hydrogen-bond acceptors (Lipinski definition) is 5. The van der Waals surface area contributed by atoms with E-state index in [-0.39, 0.29) is 5.57 Å². The molecule has 0 spiro atoms. The third-order valence-corrected chi connectivity index (χ3v) is 3.52. The number of amides is 1. The molecule has 0 unspecified atom stereocenters. The third-order valence-electron chi connectivity index (χ3n) is 3.52. The first kappa shape index (κ1) is 18.9. The van der Waals surface area contributed by atoms with Crippen molar-refractivity contribution >= 4 is 17.3 Å². The van der Waals surface area contributed by atoms with Crippen molar-refractivity contribution in [3.8, 4) is 17.6 Å². The highest BCUT2D eigenvalue weighted by atomic mass is 16.5. The molecule has 0 atom stereocenters. The van der Waals surface area contributed by atoms with Crippen LogP contribution in [0.1, 0.15) is 12.5 Å². The molecule has 2 aromatic rings. The fourth-order valence-corrected chi connectivity index (χ4v) is 2.23. The van der Waals surface area contributed by atoms with Crippen molar-refractivity contribution in [3.05, 3.63) is 59.8 Å². The van der Waals surface area contributed by atoms with E-state index in [0.717, 1.165) is 17.0 Å². The van der Waals surface area contributed by atoms with Gasteiger partial charge >= 0.3 is 0 Å². The molecule has 0 radical (unpaired) electrons. The summed E-state index contributed by atoms with van der Waals surface area (Å²) in [7, 11) is 1.52. The Morgan fingerprint density at radius 1 is 1.23 bits per heavy atom. The van der Waals surface area contributed by atoms with Crippen molar-refractivity contribution in [1.82, 2.24) is 0 Å². The van der Waals surface area contributed by atoms with Gasteiger partial charge in [-0.15, -0.1) is 0 Å². The molecule has 0 aliphatic heterocycles. The number of ether oxygens (including phenoxy) is 2. The van der Waals surface area contributed by atoms with Gasteiger partial charge in [0.15, 0.2) is 0 Å². The maximum atomic E-state index is 12.4. The Hall–Kier alpha value is -3.46. The van der Waals surface area contributed by atoms with Gasteiger partial charge in [0.2, 0.25) is 0 Å². The van der Waals surface area contributed by atoms with Crippen LogP contribution in [0.2, 0.25) is 0 Å². The number of carbonyl (C=O) groups excluding carboxylic acids is 1. The number of hydrogen-bond donors (Lipinski definition) is 2. The molecule has 0 aromatic heterocycles. The molecule has 26 heavy (non-hydrogen) atoms. The lowest BCUT2D eigenvalue weighted by Gasteiger charge is -2.11. The third kappa shape index (κ3) is 5.02. The van der Waals surface area contributed by atoms with E-state index in [1.807, 2.05) is 38.1 Å². The number of methoxy groups -OCH3 is 1. The Morgan fingerprint density at radius 2 is 1.96 bits per heavy atom. The van der Waals surface area contributed by atoms with Gasteiger partial charge < -0.3 is 20.1 Å². The first-order valence-corrected chi connectivity index (χ1v) is 8.13. The van der Waals surface area contributed by atoms with E-state index in [4.69, 9.17) is 9.47 Å². The van der Waals surface area contributed by atoms with Gasteiger partial charge in [0, 0.05) is 11.9 Å². The van der Waals surface area contributed by atoms with E-state index in [1.165, 1.54) is 13.3 Å². The molecule has 2 N–H and O–H groups in total. The summed E-state index contributed by atoms with van der Waals surface area (Å²) in [5, 5.41) is 14.9. The summed E-state index contributed by atoms with van der Waals surface area (Å²) < 4.78 is 10.6. The lowest BCUT2D eigenvalue weighted by atomic mass is 10.2. The zero-order valence-corrected chi connectivity index (χ0v) is 15.0. The van der Waals surface area contributed by atoms with Crippen molar-refractivity contribution < 1.29 is 14.3 Å². The highest BCUT2D eigenvalue weighted by Gasteiger charge is 2.12. The molecule has 0 fully saturated rings. The van der Waals surface area contributed by atoms with Crippen LogP contribution >= 0.6 is 0 Å². The van der Waals surface area contributed by atoms with Gasteiger partial charge in [-0.2, -0.15) is 5.26 Å². The number of rotatable bonds is 7. The molecule has 0 saturated heterocycles. The van der Waals surface area contributed by atoms with Crippen LogP contribution in [0.3, 0.4) is 0 Å². The Kier molecular flexibility index (Phi) is 6.63. The second-order valence-corrected chi connectivity index (χ2v) is 5.43. The number of carbonyl (C=O) groups is 1. The second-order valence-electron chi connectivity index (χ2n) is 5.43. The van der Waals surface area contributed by atoms with Crippen molar-refractivity contribution in [2.75, 3.05) is 24.4 Å². The van der Waals surface area contributed by atoms with Crippen molar-refractivity contribution in [1.29, 1.82) is 5.26 Å². The second kappa shape index (κ2) is 9.14. The lowest BCUT2D eigenvalue weighted by molar-refractivity contribution is -0.112. The first-order chi connectivity index (χ1) is 12.6. The predicted molar refractivity (Wildman–Crippen MR) is 101 cm³/mol. The molecule has 0 heterocycles. The monoisotopic (exact) mass is 351 g/mol. The first-order valence-electron chi connectivity index (χ1n) is 8.13. The molecule has 0 saturated carbocycles. The molecule has 2 rings (SSSR count). The predicted octanol–water partition coefficient (Wildman–Crippen LogP) is 3.86. The van der Waals surface area contributed by atoms with Crippen molar-refractivity contribution in [2.45, 2.75) is 13.8 Å². The lowest BCUT2D eigenvalue weighted by Crippen LogP contribution is -2.15. The number of nitrogens with one attached hydrogen (secondary N) is 2. The molecule has 0 aliphatic carbocycles. The van der Waals surface area contributed by atoms with Crippen LogP contribution in [-0.2, 0) is 4.79 Å². The summed E-state index contributed by atoms with van der Waals surface area (Å²) in [5.41, 5.74) is 2.17. The van der Waals surface area contributed by atoms with Crippen LogP contribution in [0, 0.1) is 18.3 Å². The Morgan fingerprint density at radius 3 is 2.58 bits per heavy atom. The molecule has 0 bridgehead atoms. The van der Waals surface area contributed by atoms with Gasteiger partial charge in [-0.05, 0) is 55.8 Å². The Balaban J connectivity index is 2.09.